The first kappa shape index (κ1) is 18.6. The average molecular weight is 344 g/mol. The van der Waals surface area contributed by atoms with Gasteiger partial charge in [-0.05, 0) is 61.6 Å². The molecular weight excluding hydrogens is 310 g/mol. The summed E-state index contributed by atoms with van der Waals surface area (Å²) in [5.74, 6) is 0.242. The molecule has 0 saturated carbocycles. The second-order valence-electron chi connectivity index (χ2n) is 9.01. The summed E-state index contributed by atoms with van der Waals surface area (Å²) in [7, 11) is 0. The lowest BCUT2D eigenvalue weighted by Gasteiger charge is -2.43. The molecule has 0 bridgehead atoms. The van der Waals surface area contributed by atoms with Crippen molar-refractivity contribution in [3.8, 4) is 0 Å². The fraction of sp³-hybridized carbons (Fsp3) is 0.682. The van der Waals surface area contributed by atoms with Crippen LogP contribution in [0.2, 0.25) is 0 Å². The molecule has 0 radical (unpaired) electrons. The number of piperidine rings is 1. The number of Topliss-reactive ketones (excluding diaryl/α,β-unsaturated/α-hetero) is 1. The molecule has 2 heterocycles. The number of hydrogen-bond acceptors (Lipinski definition) is 3. The lowest BCUT2D eigenvalue weighted by molar-refractivity contribution is -0.0765. The van der Waals surface area contributed by atoms with Crippen molar-refractivity contribution < 1.29 is 9.53 Å². The minimum absolute atomic E-state index is 0.127. The summed E-state index contributed by atoms with van der Waals surface area (Å²) in [5, 5.41) is 3.44. The van der Waals surface area contributed by atoms with Crippen LogP contribution in [0.3, 0.4) is 0 Å². The highest BCUT2D eigenvalue weighted by atomic mass is 16.5. The molecule has 1 N–H and O–H groups in total. The van der Waals surface area contributed by atoms with Crippen LogP contribution in [0.25, 0.3) is 0 Å². The van der Waals surface area contributed by atoms with Crippen molar-refractivity contribution in [3.63, 3.8) is 0 Å². The van der Waals surface area contributed by atoms with Crippen LogP contribution < -0.4 is 5.32 Å². The van der Waals surface area contributed by atoms with Gasteiger partial charge in [0.1, 0.15) is 0 Å². The number of rotatable bonds is 4. The molecule has 1 spiro atoms. The summed E-state index contributed by atoms with van der Waals surface area (Å²) in [6.45, 7) is 9.71. The Balaban J connectivity index is 1.46. The Morgan fingerprint density at radius 2 is 1.84 bits per heavy atom. The number of carbonyl (C=O) groups is 1. The lowest BCUT2D eigenvalue weighted by atomic mass is 9.73. The second kappa shape index (κ2) is 7.59. The van der Waals surface area contributed by atoms with Gasteiger partial charge in [-0.25, -0.2) is 0 Å². The molecule has 2 saturated heterocycles. The maximum Gasteiger partial charge on any atom is 0.162 e. The SMILES string of the molecule is CC(C)(C)c1ccc(C(=O)CCC2CCC3(CCNCC3)CO2)cc1. The van der Waals surface area contributed by atoms with E-state index in [0.29, 0.717) is 11.8 Å². The standard InChI is InChI=1S/C22H33NO2/c1-21(2,3)18-6-4-17(5-7-18)20(24)9-8-19-10-11-22(16-25-19)12-14-23-15-13-22/h4-7,19,23H,8-16H2,1-3H3. The summed E-state index contributed by atoms with van der Waals surface area (Å²) in [5.41, 5.74) is 2.64. The van der Waals surface area contributed by atoms with Crippen molar-refractivity contribution in [2.45, 2.75) is 70.8 Å². The minimum atomic E-state index is 0.127. The van der Waals surface area contributed by atoms with Gasteiger partial charge >= 0.3 is 0 Å². The Morgan fingerprint density at radius 1 is 1.16 bits per heavy atom. The zero-order valence-corrected chi connectivity index (χ0v) is 16.1. The molecule has 1 atom stereocenters. The third-order valence-electron chi connectivity index (χ3n) is 6.05. The van der Waals surface area contributed by atoms with Crippen LogP contribution in [0.15, 0.2) is 24.3 Å². The number of ketones is 1. The largest absolute Gasteiger partial charge is 0.378 e. The van der Waals surface area contributed by atoms with Crippen molar-refractivity contribution in [1.82, 2.24) is 5.32 Å². The molecule has 1 aromatic carbocycles. The normalized spacial score (nSPS) is 23.6. The van der Waals surface area contributed by atoms with Crippen LogP contribution in [0, 0.1) is 5.41 Å². The molecule has 3 nitrogen and oxygen atoms in total. The number of nitrogens with one attached hydrogen (secondary N) is 1. The monoisotopic (exact) mass is 343 g/mol. The first-order chi connectivity index (χ1) is 11.9. The van der Waals surface area contributed by atoms with Gasteiger partial charge in [0, 0.05) is 12.0 Å². The van der Waals surface area contributed by atoms with Crippen LogP contribution >= 0.6 is 0 Å². The third kappa shape index (κ3) is 4.71. The Hall–Kier alpha value is -1.19. The summed E-state index contributed by atoms with van der Waals surface area (Å²) < 4.78 is 6.14. The topological polar surface area (TPSA) is 38.3 Å². The zero-order chi connectivity index (χ0) is 17.9. The van der Waals surface area contributed by atoms with Gasteiger partial charge in [-0.2, -0.15) is 0 Å². The van der Waals surface area contributed by atoms with Crippen LogP contribution in [-0.4, -0.2) is 31.6 Å². The Labute approximate surface area is 152 Å². The van der Waals surface area contributed by atoms with E-state index in [4.69, 9.17) is 4.74 Å². The second-order valence-corrected chi connectivity index (χ2v) is 9.01. The van der Waals surface area contributed by atoms with Gasteiger partial charge in [-0.15, -0.1) is 0 Å². The van der Waals surface area contributed by atoms with Crippen molar-refractivity contribution >= 4 is 5.78 Å². The number of carbonyl (C=O) groups excluding carboxylic acids is 1. The first-order valence-corrected chi connectivity index (χ1v) is 9.84. The quantitative estimate of drug-likeness (QED) is 0.818. The van der Waals surface area contributed by atoms with E-state index in [1.165, 1.54) is 24.8 Å². The predicted octanol–water partition coefficient (Wildman–Crippen LogP) is 4.50. The molecule has 2 fully saturated rings. The van der Waals surface area contributed by atoms with Crippen LogP contribution in [0.1, 0.15) is 75.2 Å². The summed E-state index contributed by atoms with van der Waals surface area (Å²) in [4.78, 5) is 12.5. The Morgan fingerprint density at radius 3 is 2.40 bits per heavy atom. The van der Waals surface area contributed by atoms with Crippen LogP contribution in [0.4, 0.5) is 0 Å². The smallest absolute Gasteiger partial charge is 0.162 e. The minimum Gasteiger partial charge on any atom is -0.378 e. The van der Waals surface area contributed by atoms with Crippen LogP contribution in [-0.2, 0) is 10.2 Å². The molecule has 25 heavy (non-hydrogen) atoms. The highest BCUT2D eigenvalue weighted by Crippen LogP contribution is 2.39. The molecular formula is C22H33NO2. The van der Waals surface area contributed by atoms with Gasteiger partial charge in [-0.3, -0.25) is 4.79 Å². The van der Waals surface area contributed by atoms with Crippen molar-refractivity contribution in [2.24, 2.45) is 5.41 Å². The highest BCUT2D eigenvalue weighted by molar-refractivity contribution is 5.96. The Bertz CT molecular complexity index is 569. The van der Waals surface area contributed by atoms with E-state index in [-0.39, 0.29) is 17.3 Å². The fourth-order valence-corrected chi connectivity index (χ4v) is 4.09. The molecule has 3 heteroatoms. The lowest BCUT2D eigenvalue weighted by Crippen LogP contribution is -2.44. The average Bonchev–Trinajstić information content (AvgIpc) is 2.61. The summed E-state index contributed by atoms with van der Waals surface area (Å²) >= 11 is 0. The van der Waals surface area contributed by atoms with Crippen LogP contribution in [0.5, 0.6) is 0 Å². The van der Waals surface area contributed by atoms with Crippen molar-refractivity contribution in [3.05, 3.63) is 35.4 Å². The van der Waals surface area contributed by atoms with E-state index >= 15 is 0 Å². The molecule has 0 amide bonds. The van der Waals surface area contributed by atoms with E-state index in [9.17, 15) is 4.79 Å². The van der Waals surface area contributed by atoms with E-state index in [1.807, 2.05) is 12.1 Å². The molecule has 1 unspecified atom stereocenters. The van der Waals surface area contributed by atoms with Gasteiger partial charge in [0.15, 0.2) is 5.78 Å². The maximum absolute atomic E-state index is 12.5. The molecule has 0 aromatic heterocycles. The Kier molecular flexibility index (Phi) is 5.65. The number of ether oxygens (including phenoxy) is 1. The highest BCUT2D eigenvalue weighted by Gasteiger charge is 2.36. The van der Waals surface area contributed by atoms with Crippen molar-refractivity contribution in [2.75, 3.05) is 19.7 Å². The molecule has 3 rings (SSSR count). The third-order valence-corrected chi connectivity index (χ3v) is 6.05. The van der Waals surface area contributed by atoms with Gasteiger partial charge in [-0.1, -0.05) is 45.0 Å². The fourth-order valence-electron chi connectivity index (χ4n) is 4.09. The van der Waals surface area contributed by atoms with E-state index in [1.54, 1.807) is 0 Å². The van der Waals surface area contributed by atoms with Gasteiger partial charge in [0.05, 0.1) is 12.7 Å². The predicted molar refractivity (Wildman–Crippen MR) is 102 cm³/mol. The number of benzene rings is 1. The number of hydrogen-bond donors (Lipinski definition) is 1. The molecule has 0 aliphatic carbocycles. The zero-order valence-electron chi connectivity index (χ0n) is 16.1. The molecule has 138 valence electrons. The summed E-state index contributed by atoms with van der Waals surface area (Å²) in [6.07, 6.45) is 6.54. The van der Waals surface area contributed by atoms with E-state index < -0.39 is 0 Å². The van der Waals surface area contributed by atoms with Gasteiger partial charge in [0.25, 0.3) is 0 Å². The van der Waals surface area contributed by atoms with Gasteiger partial charge < -0.3 is 10.1 Å². The maximum atomic E-state index is 12.5. The van der Waals surface area contributed by atoms with Gasteiger partial charge in [0.2, 0.25) is 0 Å². The van der Waals surface area contributed by atoms with Crippen molar-refractivity contribution in [1.29, 1.82) is 0 Å². The molecule has 2 aliphatic heterocycles. The molecule has 1 aromatic rings. The first-order valence-electron chi connectivity index (χ1n) is 9.84. The van der Waals surface area contributed by atoms with E-state index in [2.05, 4.69) is 38.2 Å². The van der Waals surface area contributed by atoms with E-state index in [0.717, 1.165) is 38.1 Å². The summed E-state index contributed by atoms with van der Waals surface area (Å²) in [6, 6.07) is 8.14. The molecule has 2 aliphatic rings.